The minimum atomic E-state index is -2.11. The molecular formula is C36H44ClN2O7P. The molecule has 6 rings (SSSR count). The van der Waals surface area contributed by atoms with Gasteiger partial charge in [-0.05, 0) is 129 Å². The Morgan fingerprint density at radius 1 is 1.06 bits per heavy atom. The lowest BCUT2D eigenvalue weighted by molar-refractivity contribution is -0.144. The molecule has 11 heteroatoms. The molecule has 1 spiro atoms. The van der Waals surface area contributed by atoms with Crippen LogP contribution in [0, 0.1) is 5.92 Å². The highest BCUT2D eigenvalue weighted by molar-refractivity contribution is 7.41. The lowest BCUT2D eigenvalue weighted by Crippen LogP contribution is -2.53. The van der Waals surface area contributed by atoms with E-state index in [4.69, 9.17) is 30.1 Å². The molecule has 3 aliphatic carbocycles. The predicted octanol–water partition coefficient (Wildman–Crippen LogP) is 7.65. The van der Waals surface area contributed by atoms with E-state index in [2.05, 4.69) is 16.4 Å². The van der Waals surface area contributed by atoms with Gasteiger partial charge in [0.2, 0.25) is 0 Å². The second kappa shape index (κ2) is 15.1. The van der Waals surface area contributed by atoms with Crippen LogP contribution in [0.3, 0.4) is 0 Å². The number of nitrogens with zero attached hydrogens (tertiary/aromatic N) is 1. The Morgan fingerprint density at radius 2 is 1.89 bits per heavy atom. The summed E-state index contributed by atoms with van der Waals surface area (Å²) in [4.78, 5) is 27.8. The Balaban J connectivity index is 1.20. The molecule has 3 N–H and O–H groups in total. The first kappa shape index (κ1) is 33.9. The summed E-state index contributed by atoms with van der Waals surface area (Å²) >= 11 is 6.24. The molecule has 3 aliphatic rings. The van der Waals surface area contributed by atoms with E-state index in [1.807, 2.05) is 36.5 Å². The summed E-state index contributed by atoms with van der Waals surface area (Å²) in [5.41, 5.74) is 4.24. The van der Waals surface area contributed by atoms with Crippen molar-refractivity contribution in [1.29, 1.82) is 0 Å². The molecule has 252 valence electrons. The fraction of sp³-hybridized carbons (Fsp3) is 0.500. The van der Waals surface area contributed by atoms with E-state index in [0.717, 1.165) is 37.9 Å². The van der Waals surface area contributed by atoms with Crippen LogP contribution in [0.2, 0.25) is 5.02 Å². The highest BCUT2D eigenvalue weighted by atomic mass is 35.5. The quantitative estimate of drug-likeness (QED) is 0.116. The number of carboxylic acids is 1. The molecule has 47 heavy (non-hydrogen) atoms. The van der Waals surface area contributed by atoms with Crippen molar-refractivity contribution < 1.29 is 33.3 Å². The van der Waals surface area contributed by atoms with Crippen LogP contribution in [0.5, 0.6) is 11.5 Å². The number of nitrogens with one attached hydrogen (secondary N) is 1. The number of carbonyl (C=O) groups is 1. The van der Waals surface area contributed by atoms with Crippen LogP contribution < -0.4 is 14.6 Å². The topological polar surface area (TPSA) is 119 Å². The van der Waals surface area contributed by atoms with Crippen molar-refractivity contribution in [2.45, 2.75) is 81.6 Å². The van der Waals surface area contributed by atoms with Gasteiger partial charge in [0, 0.05) is 35.3 Å². The number of hydrogen-bond acceptors (Lipinski definition) is 8. The first-order valence-electron chi connectivity index (χ1n) is 16.6. The zero-order valence-corrected chi connectivity index (χ0v) is 28.5. The van der Waals surface area contributed by atoms with Crippen molar-refractivity contribution in [3.63, 3.8) is 0 Å². The molecule has 2 aromatic carbocycles. The minimum Gasteiger partial charge on any atom is -0.493 e. The molecule has 0 bridgehead atoms. The summed E-state index contributed by atoms with van der Waals surface area (Å²) in [6, 6.07) is 15.3. The summed E-state index contributed by atoms with van der Waals surface area (Å²) in [6.45, 7) is 1.22. The number of ether oxygens (including phenoxy) is 2. The van der Waals surface area contributed by atoms with Gasteiger partial charge in [0.15, 0.2) is 0 Å². The Kier molecular flexibility index (Phi) is 10.9. The zero-order valence-electron chi connectivity index (χ0n) is 26.9. The number of hydrogen-bond donors (Lipinski definition) is 3. The van der Waals surface area contributed by atoms with Gasteiger partial charge in [-0.3, -0.25) is 4.98 Å². The standard InChI is InChI=1S/C36H44ClN2O7P/c1-43-20-21-45-47(42)46-29-12-11-25-22-26(6-5-19-44-33-13-18-38-32-10-3-2-9-30(32)33)35(31(25)24-29)14-16-36(17-15-35,34(40)41)39-28-8-4-7-27(37)23-28/h4,7-8,11-13,18,23-24,26,39,42H,2-3,5-6,9-10,14-17,19-22H2,1H3,(H,40,41). The van der Waals surface area contributed by atoms with Crippen LogP contribution in [0.4, 0.5) is 5.69 Å². The lowest BCUT2D eigenvalue weighted by Gasteiger charge is -2.47. The monoisotopic (exact) mass is 682 g/mol. The molecule has 0 radical (unpaired) electrons. The second-order valence-electron chi connectivity index (χ2n) is 13.0. The molecule has 1 saturated carbocycles. The second-order valence-corrected chi connectivity index (χ2v) is 14.3. The molecule has 1 heterocycles. The third-order valence-corrected chi connectivity index (χ3v) is 11.3. The average molecular weight is 683 g/mol. The van der Waals surface area contributed by atoms with Crippen LogP contribution in [0.25, 0.3) is 0 Å². The summed E-state index contributed by atoms with van der Waals surface area (Å²) in [5, 5.41) is 14.4. The van der Waals surface area contributed by atoms with Crippen molar-refractivity contribution in [3.05, 3.63) is 82.1 Å². The molecule has 0 aliphatic heterocycles. The average Bonchev–Trinajstić information content (AvgIpc) is 3.36. The summed E-state index contributed by atoms with van der Waals surface area (Å²) in [6.07, 6.45) is 11.3. The number of benzene rings is 2. The van der Waals surface area contributed by atoms with Gasteiger partial charge in [-0.25, -0.2) is 4.79 Å². The fourth-order valence-electron chi connectivity index (χ4n) is 7.90. The summed E-state index contributed by atoms with van der Waals surface area (Å²) in [5.74, 6) is 0.972. The Morgan fingerprint density at radius 3 is 2.68 bits per heavy atom. The number of aryl methyl sites for hydroxylation is 1. The van der Waals surface area contributed by atoms with Gasteiger partial charge >= 0.3 is 14.6 Å². The fourth-order valence-corrected chi connectivity index (χ4v) is 8.67. The van der Waals surface area contributed by atoms with Crippen LogP contribution >= 0.6 is 20.2 Å². The van der Waals surface area contributed by atoms with Gasteiger partial charge in [0.05, 0.1) is 19.8 Å². The Labute approximate surface area is 282 Å². The van der Waals surface area contributed by atoms with Gasteiger partial charge in [-0.15, -0.1) is 0 Å². The third kappa shape index (κ3) is 7.55. The molecule has 2 unspecified atom stereocenters. The predicted molar refractivity (Wildman–Crippen MR) is 182 cm³/mol. The van der Waals surface area contributed by atoms with Crippen molar-refractivity contribution >= 4 is 31.9 Å². The highest BCUT2D eigenvalue weighted by Crippen LogP contribution is 2.56. The number of aliphatic carboxylic acids is 1. The number of carboxylic acid groups (broad SMARTS) is 1. The van der Waals surface area contributed by atoms with Gasteiger partial charge in [0.25, 0.3) is 0 Å². The number of fused-ring (bicyclic) bond motifs is 3. The molecule has 1 fully saturated rings. The number of aromatic nitrogens is 1. The van der Waals surface area contributed by atoms with Crippen molar-refractivity contribution in [2.24, 2.45) is 5.92 Å². The summed E-state index contributed by atoms with van der Waals surface area (Å²) in [7, 11) is -0.532. The van der Waals surface area contributed by atoms with Crippen LogP contribution in [-0.2, 0) is 38.7 Å². The molecular weight excluding hydrogens is 639 g/mol. The number of rotatable bonds is 14. The van der Waals surface area contributed by atoms with E-state index in [1.165, 1.54) is 35.2 Å². The van der Waals surface area contributed by atoms with E-state index < -0.39 is 20.1 Å². The molecule has 0 saturated heterocycles. The maximum Gasteiger partial charge on any atom is 0.394 e. The lowest BCUT2D eigenvalue weighted by atomic mass is 9.60. The molecule has 0 amide bonds. The normalized spacial score (nSPS) is 23.9. The molecule has 3 aromatic rings. The van der Waals surface area contributed by atoms with Gasteiger partial charge in [-0.1, -0.05) is 23.7 Å². The summed E-state index contributed by atoms with van der Waals surface area (Å²) < 4.78 is 22.6. The van der Waals surface area contributed by atoms with Gasteiger partial charge in [-0.2, -0.15) is 0 Å². The smallest absolute Gasteiger partial charge is 0.394 e. The van der Waals surface area contributed by atoms with Gasteiger partial charge < -0.3 is 33.8 Å². The Hall–Kier alpha value is -2.94. The van der Waals surface area contributed by atoms with E-state index in [0.29, 0.717) is 61.3 Å². The minimum absolute atomic E-state index is 0.228. The molecule has 9 nitrogen and oxygen atoms in total. The number of pyridine rings is 1. The van der Waals surface area contributed by atoms with Crippen LogP contribution in [-0.4, -0.2) is 53.4 Å². The zero-order chi connectivity index (χ0) is 32.9. The maximum absolute atomic E-state index is 12.8. The Bertz CT molecular complexity index is 1550. The van der Waals surface area contributed by atoms with E-state index in [9.17, 15) is 14.8 Å². The SMILES string of the molecule is COCCOP(O)Oc1ccc2c(c1)C1(CCC(Nc3cccc(Cl)c3)(C(=O)O)CC1)C(CCCOc1ccnc3c1CCCC3)C2. The van der Waals surface area contributed by atoms with Crippen molar-refractivity contribution in [3.8, 4) is 11.5 Å². The highest BCUT2D eigenvalue weighted by Gasteiger charge is 2.54. The van der Waals surface area contributed by atoms with E-state index >= 15 is 0 Å². The molecule has 1 aromatic heterocycles. The van der Waals surface area contributed by atoms with Crippen molar-refractivity contribution in [2.75, 3.05) is 32.2 Å². The number of methoxy groups -OCH3 is 1. The van der Waals surface area contributed by atoms with E-state index in [-0.39, 0.29) is 12.0 Å². The first-order chi connectivity index (χ1) is 22.8. The van der Waals surface area contributed by atoms with Crippen molar-refractivity contribution in [1.82, 2.24) is 4.98 Å². The van der Waals surface area contributed by atoms with Crippen LogP contribution in [0.15, 0.2) is 54.7 Å². The molecule has 2 atom stereocenters. The van der Waals surface area contributed by atoms with Crippen LogP contribution in [0.1, 0.15) is 73.8 Å². The number of halogens is 1. The number of anilines is 1. The largest absolute Gasteiger partial charge is 0.493 e. The van der Waals surface area contributed by atoms with Gasteiger partial charge in [0.1, 0.15) is 17.0 Å². The van der Waals surface area contributed by atoms with E-state index in [1.54, 1.807) is 19.2 Å². The first-order valence-corrected chi connectivity index (χ1v) is 18.1. The third-order valence-electron chi connectivity index (χ3n) is 10.3. The maximum atomic E-state index is 12.8.